The Morgan fingerprint density at radius 3 is 2.17 bits per heavy atom. The Morgan fingerprint density at radius 1 is 1.20 bits per heavy atom. The maximum absolute atomic E-state index is 12.1. The number of anilines is 2. The van der Waals surface area contributed by atoms with Crippen LogP contribution >= 0.6 is 0 Å². The zero-order chi connectivity index (χ0) is 23.1. The van der Waals surface area contributed by atoms with Crippen molar-refractivity contribution in [3.63, 3.8) is 0 Å². The molecule has 2 aliphatic heterocycles. The Kier molecular flexibility index (Phi) is 9.14. The average molecular weight is 426 g/mol. The summed E-state index contributed by atoms with van der Waals surface area (Å²) in [4.78, 5) is 28.7. The first kappa shape index (κ1) is 25.7. The molecular weight excluding hydrogens is 386 g/mol. The summed E-state index contributed by atoms with van der Waals surface area (Å²) in [6, 6.07) is 0. The largest absolute Gasteiger partial charge is 0.444 e. The SMILES string of the molecule is CC.CC(C)(C)OC(N)=O.Cc1c(N)nc(N2CCC3(CCOC3)CC2)n(C)c1=O. The number of nitrogen functional groups attached to an aromatic ring is 1. The van der Waals surface area contributed by atoms with Gasteiger partial charge in [-0.05, 0) is 52.4 Å². The smallest absolute Gasteiger partial charge is 0.405 e. The van der Waals surface area contributed by atoms with Crippen molar-refractivity contribution in [2.75, 3.05) is 36.9 Å². The zero-order valence-corrected chi connectivity index (χ0v) is 19.6. The summed E-state index contributed by atoms with van der Waals surface area (Å²) in [5.41, 5.74) is 10.9. The number of amides is 1. The van der Waals surface area contributed by atoms with Gasteiger partial charge in [0.1, 0.15) is 11.4 Å². The topological polar surface area (TPSA) is 126 Å². The molecule has 1 aromatic rings. The third-order valence-electron chi connectivity index (χ3n) is 5.23. The Hall–Kier alpha value is -2.29. The Balaban J connectivity index is 0.000000383. The van der Waals surface area contributed by atoms with Crippen molar-refractivity contribution in [2.24, 2.45) is 18.2 Å². The number of carbonyl (C=O) groups excluding carboxylic acids is 1. The van der Waals surface area contributed by atoms with E-state index < -0.39 is 11.7 Å². The molecule has 2 aliphatic rings. The second-order valence-electron chi connectivity index (χ2n) is 8.61. The van der Waals surface area contributed by atoms with E-state index in [2.05, 4.69) is 14.6 Å². The van der Waals surface area contributed by atoms with Crippen LogP contribution in [0.4, 0.5) is 16.6 Å². The minimum Gasteiger partial charge on any atom is -0.444 e. The van der Waals surface area contributed by atoms with Crippen LogP contribution in [0.5, 0.6) is 0 Å². The average Bonchev–Trinajstić information content (AvgIpc) is 3.12. The van der Waals surface area contributed by atoms with Crippen molar-refractivity contribution in [1.29, 1.82) is 0 Å². The molecule has 1 amide bonds. The van der Waals surface area contributed by atoms with Crippen LogP contribution in [-0.4, -0.2) is 47.5 Å². The van der Waals surface area contributed by atoms with E-state index in [1.165, 1.54) is 0 Å². The van der Waals surface area contributed by atoms with Gasteiger partial charge in [-0.3, -0.25) is 9.36 Å². The first-order valence-corrected chi connectivity index (χ1v) is 10.6. The van der Waals surface area contributed by atoms with Gasteiger partial charge < -0.3 is 25.8 Å². The quantitative estimate of drug-likeness (QED) is 0.708. The van der Waals surface area contributed by atoms with Gasteiger partial charge in [0, 0.05) is 26.7 Å². The van der Waals surface area contributed by atoms with Crippen LogP contribution in [0.1, 0.15) is 59.4 Å². The fourth-order valence-corrected chi connectivity index (χ4v) is 3.53. The molecule has 0 unspecified atom stereocenters. The van der Waals surface area contributed by atoms with E-state index >= 15 is 0 Å². The number of hydrogen-bond donors (Lipinski definition) is 2. The highest BCUT2D eigenvalue weighted by molar-refractivity contribution is 5.65. The van der Waals surface area contributed by atoms with Crippen LogP contribution in [0.2, 0.25) is 0 Å². The summed E-state index contributed by atoms with van der Waals surface area (Å²) in [6.45, 7) is 14.6. The number of carbonyl (C=O) groups is 1. The number of nitrogens with two attached hydrogens (primary N) is 2. The molecule has 4 N–H and O–H groups in total. The van der Waals surface area contributed by atoms with Crippen LogP contribution in [0, 0.1) is 12.3 Å². The molecule has 30 heavy (non-hydrogen) atoms. The van der Waals surface area contributed by atoms with Gasteiger partial charge in [0.05, 0.1) is 12.2 Å². The molecular formula is C21H39N5O4. The van der Waals surface area contributed by atoms with E-state index in [1.54, 1.807) is 39.3 Å². The summed E-state index contributed by atoms with van der Waals surface area (Å²) in [5, 5.41) is 0. The van der Waals surface area contributed by atoms with Crippen molar-refractivity contribution in [1.82, 2.24) is 9.55 Å². The first-order valence-electron chi connectivity index (χ1n) is 10.6. The van der Waals surface area contributed by atoms with Crippen LogP contribution < -0.4 is 21.9 Å². The number of nitrogens with zero attached hydrogens (tertiary/aromatic N) is 3. The molecule has 1 spiro atoms. The monoisotopic (exact) mass is 425 g/mol. The maximum Gasteiger partial charge on any atom is 0.405 e. The molecule has 0 radical (unpaired) electrons. The van der Waals surface area contributed by atoms with Crippen molar-refractivity contribution < 1.29 is 14.3 Å². The Labute approximate surface area is 179 Å². The maximum atomic E-state index is 12.1. The summed E-state index contributed by atoms with van der Waals surface area (Å²) >= 11 is 0. The van der Waals surface area contributed by atoms with Crippen molar-refractivity contribution in [3.05, 3.63) is 15.9 Å². The Morgan fingerprint density at radius 2 is 1.77 bits per heavy atom. The second kappa shape index (κ2) is 10.7. The normalized spacial score (nSPS) is 17.5. The van der Waals surface area contributed by atoms with E-state index in [1.807, 2.05) is 13.8 Å². The summed E-state index contributed by atoms with van der Waals surface area (Å²) < 4.78 is 11.7. The number of primary amides is 1. The highest BCUT2D eigenvalue weighted by atomic mass is 16.6. The van der Waals surface area contributed by atoms with Gasteiger partial charge in [-0.25, -0.2) is 4.79 Å². The fraction of sp³-hybridized carbons (Fsp3) is 0.762. The predicted molar refractivity (Wildman–Crippen MR) is 120 cm³/mol. The molecule has 3 rings (SSSR count). The molecule has 0 aromatic carbocycles. The number of aromatic nitrogens is 2. The van der Waals surface area contributed by atoms with Gasteiger partial charge in [-0.2, -0.15) is 4.98 Å². The summed E-state index contributed by atoms with van der Waals surface area (Å²) in [5.74, 6) is 1.03. The fourth-order valence-electron chi connectivity index (χ4n) is 3.53. The van der Waals surface area contributed by atoms with Gasteiger partial charge in [-0.15, -0.1) is 0 Å². The van der Waals surface area contributed by atoms with Crippen LogP contribution in [-0.2, 0) is 16.5 Å². The molecule has 2 saturated heterocycles. The van der Waals surface area contributed by atoms with Gasteiger partial charge in [0.2, 0.25) is 5.95 Å². The van der Waals surface area contributed by atoms with E-state index in [0.717, 1.165) is 45.6 Å². The number of rotatable bonds is 1. The van der Waals surface area contributed by atoms with Gasteiger partial charge in [0.25, 0.3) is 5.56 Å². The lowest BCUT2D eigenvalue weighted by molar-refractivity contribution is 0.0600. The molecule has 9 nitrogen and oxygen atoms in total. The lowest BCUT2D eigenvalue weighted by atomic mass is 9.78. The minimum absolute atomic E-state index is 0.0583. The minimum atomic E-state index is -0.725. The van der Waals surface area contributed by atoms with Gasteiger partial charge in [0.15, 0.2) is 0 Å². The van der Waals surface area contributed by atoms with Gasteiger partial charge >= 0.3 is 6.09 Å². The lowest BCUT2D eigenvalue weighted by Gasteiger charge is -2.39. The predicted octanol–water partition coefficient (Wildman–Crippen LogP) is 2.58. The third-order valence-corrected chi connectivity index (χ3v) is 5.23. The molecule has 3 heterocycles. The standard InChI is InChI=1S/C14H22N4O2.C5H11NO2.C2H6/c1-10-11(15)16-13(17(2)12(10)19)18-6-3-14(4-7-18)5-8-20-9-14;1-5(2,3)8-4(6)7;1-2/h3-9,15H2,1-2H3;1-3H3,(H2,6,7);1-2H3. The van der Waals surface area contributed by atoms with Crippen molar-refractivity contribution in [3.8, 4) is 0 Å². The molecule has 172 valence electrons. The number of piperidine rings is 1. The van der Waals surface area contributed by atoms with E-state index in [9.17, 15) is 9.59 Å². The van der Waals surface area contributed by atoms with Crippen LogP contribution in [0.3, 0.4) is 0 Å². The molecule has 1 aromatic heterocycles. The number of hydrogen-bond acceptors (Lipinski definition) is 7. The highest BCUT2D eigenvalue weighted by Gasteiger charge is 2.38. The van der Waals surface area contributed by atoms with E-state index in [0.29, 0.717) is 22.7 Å². The van der Waals surface area contributed by atoms with Crippen LogP contribution in [0.25, 0.3) is 0 Å². The second-order valence-corrected chi connectivity index (χ2v) is 8.61. The molecule has 2 fully saturated rings. The molecule has 0 aliphatic carbocycles. The Bertz CT molecular complexity index is 754. The zero-order valence-electron chi connectivity index (χ0n) is 19.6. The van der Waals surface area contributed by atoms with E-state index in [4.69, 9.17) is 16.2 Å². The molecule has 0 bridgehead atoms. The first-order chi connectivity index (χ1) is 13.9. The lowest BCUT2D eigenvalue weighted by Crippen LogP contribution is -2.43. The van der Waals surface area contributed by atoms with E-state index in [-0.39, 0.29) is 5.56 Å². The summed E-state index contributed by atoms with van der Waals surface area (Å²) in [7, 11) is 1.76. The highest BCUT2D eigenvalue weighted by Crippen LogP contribution is 2.39. The third kappa shape index (κ3) is 6.90. The van der Waals surface area contributed by atoms with Gasteiger partial charge in [-0.1, -0.05) is 13.8 Å². The van der Waals surface area contributed by atoms with Crippen molar-refractivity contribution in [2.45, 2.75) is 66.4 Å². The molecule has 0 saturated carbocycles. The number of ether oxygens (including phenoxy) is 2. The van der Waals surface area contributed by atoms with Crippen molar-refractivity contribution >= 4 is 17.9 Å². The van der Waals surface area contributed by atoms with Crippen LogP contribution in [0.15, 0.2) is 4.79 Å². The summed E-state index contributed by atoms with van der Waals surface area (Å²) in [6.07, 6.45) is 2.62. The molecule has 9 heteroatoms. The molecule has 0 atom stereocenters.